The molecule has 0 aliphatic carbocycles. The van der Waals surface area contributed by atoms with Crippen LogP contribution >= 0.6 is 11.5 Å². The Bertz CT molecular complexity index is 1320. The molecule has 0 saturated carbocycles. The van der Waals surface area contributed by atoms with Crippen LogP contribution in [0.25, 0.3) is 0 Å². The zero-order valence-electron chi connectivity index (χ0n) is 21.1. The second-order valence-electron chi connectivity index (χ2n) is 8.54. The van der Waals surface area contributed by atoms with Crippen molar-refractivity contribution in [3.05, 3.63) is 76.0 Å². The Morgan fingerprint density at radius 3 is 2.18 bits per heavy atom. The molecule has 1 atom stereocenters. The molecule has 3 aromatic rings. The van der Waals surface area contributed by atoms with Crippen LogP contribution in [-0.2, 0) is 14.3 Å². The van der Waals surface area contributed by atoms with Gasteiger partial charge in [0.2, 0.25) is 5.91 Å². The lowest BCUT2D eigenvalue weighted by Crippen LogP contribution is -2.45. The van der Waals surface area contributed by atoms with Crippen LogP contribution in [0, 0.1) is 5.82 Å². The number of nitrogens with zero attached hydrogens (tertiary/aromatic N) is 2. The van der Waals surface area contributed by atoms with Gasteiger partial charge in [0, 0.05) is 5.69 Å². The third-order valence-corrected chi connectivity index (χ3v) is 6.47. The molecule has 0 radical (unpaired) electrons. The third kappa shape index (κ3) is 6.32. The number of nitrogen functional groups attached to an aromatic ring is 1. The van der Waals surface area contributed by atoms with Crippen molar-refractivity contribution in [3.63, 3.8) is 0 Å². The molecule has 2 aromatic carbocycles. The van der Waals surface area contributed by atoms with E-state index in [1.165, 1.54) is 12.1 Å². The van der Waals surface area contributed by atoms with Gasteiger partial charge in [-0.3, -0.25) is 24.1 Å². The van der Waals surface area contributed by atoms with Crippen LogP contribution < -0.4 is 21.7 Å². The maximum Gasteiger partial charge on any atom is 0.325 e. The number of hydrogen-bond donors (Lipinski definition) is 3. The van der Waals surface area contributed by atoms with E-state index in [9.17, 15) is 23.6 Å². The monoisotopic (exact) mass is 541 g/mol. The van der Waals surface area contributed by atoms with Crippen LogP contribution in [0.4, 0.5) is 15.8 Å². The summed E-state index contributed by atoms with van der Waals surface area (Å²) in [4.78, 5) is 52.2. The lowest BCUT2D eigenvalue weighted by Gasteiger charge is -2.31. The largest absolute Gasteiger partial charge is 0.465 e. The van der Waals surface area contributed by atoms with Crippen LogP contribution in [0.2, 0.25) is 0 Å². The molecule has 0 bridgehead atoms. The molecule has 12 heteroatoms. The van der Waals surface area contributed by atoms with Gasteiger partial charge in [-0.25, -0.2) is 4.39 Å². The van der Waals surface area contributed by atoms with Crippen molar-refractivity contribution >= 4 is 46.6 Å². The second kappa shape index (κ2) is 12.3. The molecule has 38 heavy (non-hydrogen) atoms. The van der Waals surface area contributed by atoms with Crippen molar-refractivity contribution in [2.45, 2.75) is 32.7 Å². The van der Waals surface area contributed by atoms with E-state index in [0.29, 0.717) is 17.2 Å². The quantitative estimate of drug-likeness (QED) is 0.333. The maximum atomic E-state index is 14.0. The fraction of sp³-hybridized carbons (Fsp3) is 0.269. The summed E-state index contributed by atoms with van der Waals surface area (Å²) < 4.78 is 22.6. The second-order valence-corrected chi connectivity index (χ2v) is 9.31. The van der Waals surface area contributed by atoms with Crippen LogP contribution in [0.3, 0.4) is 0 Å². The fourth-order valence-corrected chi connectivity index (χ4v) is 4.42. The van der Waals surface area contributed by atoms with E-state index >= 15 is 0 Å². The molecule has 1 aromatic heterocycles. The Hall–Kier alpha value is -4.32. The molecule has 3 amide bonds. The van der Waals surface area contributed by atoms with Gasteiger partial charge in [-0.1, -0.05) is 38.1 Å². The molecular weight excluding hydrogens is 513 g/mol. The highest BCUT2D eigenvalue weighted by Crippen LogP contribution is 2.34. The predicted octanol–water partition coefficient (Wildman–Crippen LogP) is 3.15. The summed E-state index contributed by atoms with van der Waals surface area (Å²) in [6.07, 6.45) is 0. The molecule has 200 valence electrons. The lowest BCUT2D eigenvalue weighted by atomic mass is 10.00. The van der Waals surface area contributed by atoms with Gasteiger partial charge in [-0.2, -0.15) is 4.37 Å². The SMILES string of the molecule is CCOC(=O)CNC(=O)C(c1ccc(F)cc1)N(C(=O)c1snc(C(N)=O)c1N)c1ccc(C(C)C)cc1. The number of benzene rings is 2. The average Bonchev–Trinajstić information content (AvgIpc) is 3.28. The summed E-state index contributed by atoms with van der Waals surface area (Å²) in [5, 5.41) is 2.49. The van der Waals surface area contributed by atoms with Crippen molar-refractivity contribution in [1.29, 1.82) is 0 Å². The number of primary amides is 1. The number of rotatable bonds is 10. The smallest absolute Gasteiger partial charge is 0.325 e. The first kappa shape index (κ1) is 28.3. The number of anilines is 2. The van der Waals surface area contributed by atoms with Gasteiger partial charge in [-0.15, -0.1) is 0 Å². The number of amides is 3. The number of carbonyl (C=O) groups is 4. The highest BCUT2D eigenvalue weighted by molar-refractivity contribution is 7.09. The normalized spacial score (nSPS) is 11.6. The minimum absolute atomic E-state index is 0.114. The summed E-state index contributed by atoms with van der Waals surface area (Å²) in [5.41, 5.74) is 12.4. The van der Waals surface area contributed by atoms with Gasteiger partial charge in [-0.05, 0) is 59.8 Å². The molecule has 10 nitrogen and oxygen atoms in total. The molecular formula is C26H28FN5O5S. The van der Waals surface area contributed by atoms with Gasteiger partial charge in [0.25, 0.3) is 11.8 Å². The Morgan fingerprint density at radius 2 is 1.66 bits per heavy atom. The number of halogens is 1. The van der Waals surface area contributed by atoms with E-state index in [4.69, 9.17) is 16.2 Å². The first-order chi connectivity index (χ1) is 18.0. The lowest BCUT2D eigenvalue weighted by molar-refractivity contribution is -0.143. The summed E-state index contributed by atoms with van der Waals surface area (Å²) in [6.45, 7) is 5.31. The Balaban J connectivity index is 2.16. The van der Waals surface area contributed by atoms with Crippen molar-refractivity contribution in [2.24, 2.45) is 5.73 Å². The molecule has 1 unspecified atom stereocenters. The van der Waals surface area contributed by atoms with E-state index in [0.717, 1.165) is 22.6 Å². The summed E-state index contributed by atoms with van der Waals surface area (Å²) in [5.74, 6) is -3.40. The number of aromatic nitrogens is 1. The Morgan fingerprint density at radius 1 is 1.05 bits per heavy atom. The van der Waals surface area contributed by atoms with E-state index in [2.05, 4.69) is 9.69 Å². The third-order valence-electron chi connectivity index (χ3n) is 5.62. The van der Waals surface area contributed by atoms with Crippen LogP contribution in [0.15, 0.2) is 48.5 Å². The minimum atomic E-state index is -1.36. The number of ether oxygens (including phenoxy) is 1. The average molecular weight is 542 g/mol. The van der Waals surface area contributed by atoms with Crippen LogP contribution in [0.5, 0.6) is 0 Å². The maximum absolute atomic E-state index is 14.0. The molecule has 5 N–H and O–H groups in total. The first-order valence-electron chi connectivity index (χ1n) is 11.7. The standard InChI is InChI=1S/C26H28FN5O5S/c1-4-37-19(33)13-30-25(35)22(16-5-9-17(27)10-6-16)32(18-11-7-15(8-12-18)14(2)3)26(36)23-20(28)21(24(29)34)31-38-23/h5-12,14,22H,4,13,28H2,1-3H3,(H2,29,34)(H,30,35). The molecule has 0 saturated heterocycles. The Kier molecular flexibility index (Phi) is 9.13. The zero-order chi connectivity index (χ0) is 28.0. The van der Waals surface area contributed by atoms with Gasteiger partial charge < -0.3 is 21.5 Å². The van der Waals surface area contributed by atoms with Crippen LogP contribution in [-0.4, -0.2) is 41.2 Å². The molecule has 0 fully saturated rings. The number of nitrogens with one attached hydrogen (secondary N) is 1. The molecule has 0 spiro atoms. The number of hydrogen-bond acceptors (Lipinski definition) is 8. The summed E-state index contributed by atoms with van der Waals surface area (Å²) in [7, 11) is 0. The summed E-state index contributed by atoms with van der Waals surface area (Å²) in [6, 6.07) is 10.6. The highest BCUT2D eigenvalue weighted by Gasteiger charge is 2.36. The van der Waals surface area contributed by atoms with Crippen molar-refractivity contribution in [2.75, 3.05) is 23.8 Å². The Labute approximate surface area is 222 Å². The van der Waals surface area contributed by atoms with Gasteiger partial charge in [0.05, 0.1) is 12.3 Å². The highest BCUT2D eigenvalue weighted by atomic mass is 32.1. The van der Waals surface area contributed by atoms with Gasteiger partial charge in [0.15, 0.2) is 5.69 Å². The molecule has 1 heterocycles. The molecule has 0 aliphatic rings. The first-order valence-corrected chi connectivity index (χ1v) is 12.5. The fourth-order valence-electron chi connectivity index (χ4n) is 3.67. The van der Waals surface area contributed by atoms with Crippen molar-refractivity contribution < 1.29 is 28.3 Å². The topological polar surface area (TPSA) is 158 Å². The predicted molar refractivity (Wildman–Crippen MR) is 141 cm³/mol. The van der Waals surface area contributed by atoms with E-state index in [1.807, 2.05) is 26.0 Å². The van der Waals surface area contributed by atoms with E-state index in [1.54, 1.807) is 19.1 Å². The van der Waals surface area contributed by atoms with Gasteiger partial charge >= 0.3 is 5.97 Å². The molecule has 0 aliphatic heterocycles. The van der Waals surface area contributed by atoms with Crippen molar-refractivity contribution in [1.82, 2.24) is 9.69 Å². The number of esters is 1. The summed E-state index contributed by atoms with van der Waals surface area (Å²) >= 11 is 0.662. The van der Waals surface area contributed by atoms with Gasteiger partial charge in [0.1, 0.15) is 23.3 Å². The van der Waals surface area contributed by atoms with Crippen molar-refractivity contribution in [3.8, 4) is 0 Å². The van der Waals surface area contributed by atoms with Crippen LogP contribution in [0.1, 0.15) is 64.0 Å². The number of carbonyl (C=O) groups excluding carboxylic acids is 4. The minimum Gasteiger partial charge on any atom is -0.465 e. The zero-order valence-corrected chi connectivity index (χ0v) is 21.9. The number of nitrogens with two attached hydrogens (primary N) is 2. The van der Waals surface area contributed by atoms with E-state index in [-0.39, 0.29) is 34.3 Å². The molecule has 3 rings (SSSR count). The van der Waals surface area contributed by atoms with E-state index < -0.39 is 42.1 Å².